The van der Waals surface area contributed by atoms with E-state index in [4.69, 9.17) is 5.73 Å². The van der Waals surface area contributed by atoms with Gasteiger partial charge in [0.2, 0.25) is 0 Å². The average molecular weight is 276 g/mol. The van der Waals surface area contributed by atoms with Gasteiger partial charge in [0.15, 0.2) is 0 Å². The van der Waals surface area contributed by atoms with E-state index in [-0.39, 0.29) is 11.9 Å². The van der Waals surface area contributed by atoms with Crippen LogP contribution >= 0.6 is 0 Å². The van der Waals surface area contributed by atoms with Crippen molar-refractivity contribution < 1.29 is 4.39 Å². The Morgan fingerprint density at radius 3 is 2.65 bits per heavy atom. The second-order valence-electron chi connectivity index (χ2n) is 6.54. The number of piperidine rings is 1. The van der Waals surface area contributed by atoms with Crippen LogP contribution in [0.2, 0.25) is 0 Å². The van der Waals surface area contributed by atoms with Gasteiger partial charge in [0.05, 0.1) is 5.69 Å². The monoisotopic (exact) mass is 276 g/mol. The number of hydrogen-bond acceptors (Lipinski definition) is 2. The molecule has 0 radical (unpaired) electrons. The third kappa shape index (κ3) is 2.69. The molecule has 1 aliphatic carbocycles. The smallest absolute Gasteiger partial charge is 0.146 e. The van der Waals surface area contributed by atoms with Gasteiger partial charge in [-0.25, -0.2) is 4.39 Å². The number of fused-ring (bicyclic) bond motifs is 1. The minimum atomic E-state index is -0.117. The van der Waals surface area contributed by atoms with E-state index in [2.05, 4.69) is 4.90 Å². The Morgan fingerprint density at radius 2 is 1.95 bits per heavy atom. The first-order valence-electron chi connectivity index (χ1n) is 7.95. The SMILES string of the molecule is CC(N)c1ccc(N2CCC3CCCCC3C2)c(F)c1. The lowest BCUT2D eigenvalue weighted by Crippen LogP contribution is -2.42. The Morgan fingerprint density at radius 1 is 1.20 bits per heavy atom. The highest BCUT2D eigenvalue weighted by Gasteiger charge is 2.31. The summed E-state index contributed by atoms with van der Waals surface area (Å²) in [5.74, 6) is 1.53. The molecular weight excluding hydrogens is 251 g/mol. The molecule has 1 heterocycles. The third-order valence-corrected chi connectivity index (χ3v) is 5.13. The number of hydrogen-bond donors (Lipinski definition) is 1. The molecule has 1 saturated heterocycles. The summed E-state index contributed by atoms with van der Waals surface area (Å²) >= 11 is 0. The highest BCUT2D eigenvalue weighted by Crippen LogP contribution is 2.38. The van der Waals surface area contributed by atoms with E-state index in [1.807, 2.05) is 19.1 Å². The van der Waals surface area contributed by atoms with Crippen molar-refractivity contribution in [3.8, 4) is 0 Å². The molecule has 20 heavy (non-hydrogen) atoms. The Bertz CT molecular complexity index is 472. The maximum atomic E-state index is 14.3. The van der Waals surface area contributed by atoms with E-state index >= 15 is 0 Å². The summed E-state index contributed by atoms with van der Waals surface area (Å²) < 4.78 is 14.3. The van der Waals surface area contributed by atoms with Gasteiger partial charge < -0.3 is 10.6 Å². The number of nitrogens with two attached hydrogens (primary N) is 1. The van der Waals surface area contributed by atoms with Gasteiger partial charge in [-0.1, -0.05) is 25.3 Å². The summed E-state index contributed by atoms with van der Waals surface area (Å²) in [6.45, 7) is 3.91. The van der Waals surface area contributed by atoms with E-state index in [9.17, 15) is 4.39 Å². The van der Waals surface area contributed by atoms with Gasteiger partial charge in [-0.15, -0.1) is 0 Å². The van der Waals surface area contributed by atoms with Gasteiger partial charge in [0, 0.05) is 19.1 Å². The van der Waals surface area contributed by atoms with Crippen molar-refractivity contribution in [2.24, 2.45) is 17.6 Å². The first-order valence-corrected chi connectivity index (χ1v) is 7.95. The molecular formula is C17H25FN2. The lowest BCUT2D eigenvalue weighted by Gasteiger charge is -2.42. The van der Waals surface area contributed by atoms with Crippen LogP contribution in [0.25, 0.3) is 0 Å². The van der Waals surface area contributed by atoms with Crippen LogP contribution in [0.4, 0.5) is 10.1 Å². The standard InChI is InChI=1S/C17H25FN2/c1-12(19)14-6-7-17(16(18)10-14)20-9-8-13-4-2-3-5-15(13)11-20/h6-7,10,12-13,15H,2-5,8-9,11,19H2,1H3. The molecule has 3 heteroatoms. The molecule has 0 aromatic heterocycles. The van der Waals surface area contributed by atoms with E-state index in [1.165, 1.54) is 32.1 Å². The van der Waals surface area contributed by atoms with Crippen LogP contribution in [0, 0.1) is 17.7 Å². The van der Waals surface area contributed by atoms with Crippen LogP contribution in [0.15, 0.2) is 18.2 Å². The van der Waals surface area contributed by atoms with Crippen LogP contribution in [0.5, 0.6) is 0 Å². The van der Waals surface area contributed by atoms with Crippen molar-refractivity contribution >= 4 is 5.69 Å². The molecule has 2 fully saturated rings. The molecule has 0 amide bonds. The predicted molar refractivity (Wildman–Crippen MR) is 81.3 cm³/mol. The summed E-state index contributed by atoms with van der Waals surface area (Å²) in [6.07, 6.45) is 6.66. The molecule has 110 valence electrons. The Labute approximate surface area is 121 Å². The predicted octanol–water partition coefficient (Wildman–Crippen LogP) is 3.86. The number of halogens is 1. The van der Waals surface area contributed by atoms with E-state index in [0.717, 1.165) is 36.2 Å². The second-order valence-corrected chi connectivity index (χ2v) is 6.54. The maximum Gasteiger partial charge on any atom is 0.146 e. The van der Waals surface area contributed by atoms with Crippen LogP contribution in [0.3, 0.4) is 0 Å². The lowest BCUT2D eigenvalue weighted by atomic mass is 9.75. The summed E-state index contributed by atoms with van der Waals surface area (Å²) in [5, 5.41) is 0. The van der Waals surface area contributed by atoms with E-state index < -0.39 is 0 Å². The molecule has 2 aliphatic rings. The summed E-state index contributed by atoms with van der Waals surface area (Å²) in [5.41, 5.74) is 7.45. The van der Waals surface area contributed by atoms with Crippen molar-refractivity contribution in [1.82, 2.24) is 0 Å². The van der Waals surface area contributed by atoms with Gasteiger partial charge in [-0.3, -0.25) is 0 Å². The van der Waals surface area contributed by atoms with Gasteiger partial charge >= 0.3 is 0 Å². The molecule has 3 atom stereocenters. The first kappa shape index (κ1) is 13.9. The minimum Gasteiger partial charge on any atom is -0.369 e. The van der Waals surface area contributed by atoms with Gasteiger partial charge in [-0.2, -0.15) is 0 Å². The van der Waals surface area contributed by atoms with Crippen LogP contribution in [-0.2, 0) is 0 Å². The average Bonchev–Trinajstić information content (AvgIpc) is 2.46. The minimum absolute atomic E-state index is 0.109. The fraction of sp³-hybridized carbons (Fsp3) is 0.647. The highest BCUT2D eigenvalue weighted by molar-refractivity contribution is 5.50. The molecule has 2 N–H and O–H groups in total. The maximum absolute atomic E-state index is 14.3. The Balaban J connectivity index is 1.76. The van der Waals surface area contributed by atoms with Crippen molar-refractivity contribution in [3.05, 3.63) is 29.6 Å². The van der Waals surface area contributed by atoms with Crippen LogP contribution < -0.4 is 10.6 Å². The Hall–Kier alpha value is -1.09. The van der Waals surface area contributed by atoms with E-state index in [0.29, 0.717) is 0 Å². The normalized spacial score (nSPS) is 28.1. The molecule has 2 nitrogen and oxygen atoms in total. The zero-order valence-corrected chi connectivity index (χ0v) is 12.3. The molecule has 3 rings (SSSR count). The molecule has 3 unspecified atom stereocenters. The summed E-state index contributed by atoms with van der Waals surface area (Å²) in [4.78, 5) is 2.24. The summed E-state index contributed by atoms with van der Waals surface area (Å²) in [7, 11) is 0. The van der Waals surface area contributed by atoms with Crippen LogP contribution in [-0.4, -0.2) is 13.1 Å². The quantitative estimate of drug-likeness (QED) is 0.888. The summed E-state index contributed by atoms with van der Waals surface area (Å²) in [6, 6.07) is 5.38. The fourth-order valence-corrected chi connectivity index (χ4v) is 3.88. The van der Waals surface area contributed by atoms with Gasteiger partial charge in [0.25, 0.3) is 0 Å². The Kier molecular flexibility index (Phi) is 3.97. The number of benzene rings is 1. The van der Waals surface area contributed by atoms with Crippen molar-refractivity contribution in [1.29, 1.82) is 0 Å². The van der Waals surface area contributed by atoms with Gasteiger partial charge in [0.1, 0.15) is 5.82 Å². The van der Waals surface area contributed by atoms with Crippen molar-refractivity contribution in [3.63, 3.8) is 0 Å². The van der Waals surface area contributed by atoms with E-state index in [1.54, 1.807) is 6.07 Å². The molecule has 1 aromatic rings. The molecule has 1 aromatic carbocycles. The number of anilines is 1. The zero-order chi connectivity index (χ0) is 14.1. The van der Waals surface area contributed by atoms with Gasteiger partial charge in [-0.05, 0) is 49.3 Å². The second kappa shape index (κ2) is 5.72. The van der Waals surface area contributed by atoms with Crippen molar-refractivity contribution in [2.75, 3.05) is 18.0 Å². The largest absolute Gasteiger partial charge is 0.369 e. The third-order valence-electron chi connectivity index (χ3n) is 5.13. The molecule has 0 spiro atoms. The topological polar surface area (TPSA) is 29.3 Å². The number of nitrogens with zero attached hydrogens (tertiary/aromatic N) is 1. The highest BCUT2D eigenvalue weighted by atomic mass is 19.1. The molecule has 1 saturated carbocycles. The first-order chi connectivity index (χ1) is 9.65. The number of rotatable bonds is 2. The molecule has 0 bridgehead atoms. The lowest BCUT2D eigenvalue weighted by molar-refractivity contribution is 0.202. The van der Waals surface area contributed by atoms with Crippen molar-refractivity contribution in [2.45, 2.75) is 45.1 Å². The molecule has 1 aliphatic heterocycles. The van der Waals surface area contributed by atoms with Crippen LogP contribution in [0.1, 0.15) is 50.6 Å². The zero-order valence-electron chi connectivity index (χ0n) is 12.3. The fourth-order valence-electron chi connectivity index (χ4n) is 3.88.